The zero-order chi connectivity index (χ0) is 24.4. The molecule has 2 aromatic rings. The maximum atomic E-state index is 12.2. The lowest BCUT2D eigenvalue weighted by Gasteiger charge is -2.24. The van der Waals surface area contributed by atoms with Crippen LogP contribution < -0.4 is 5.32 Å². The van der Waals surface area contributed by atoms with Gasteiger partial charge in [-0.1, -0.05) is 23.7 Å². The third kappa shape index (κ3) is 9.45. The highest BCUT2D eigenvalue weighted by Gasteiger charge is 2.38. The molecule has 1 aliphatic heterocycles. The minimum atomic E-state index is -5.08. The van der Waals surface area contributed by atoms with Gasteiger partial charge in [0, 0.05) is 63.2 Å². The first kappa shape index (κ1) is 26.7. The molecule has 1 unspecified atom stereocenters. The number of alkyl halides is 3. The number of aromatic nitrogens is 1. The largest absolute Gasteiger partial charge is 0.490 e. The monoisotopic (exact) mass is 489 g/mol. The molecule has 2 N–H and O–H groups in total. The van der Waals surface area contributed by atoms with Gasteiger partial charge in [-0.2, -0.15) is 13.2 Å². The normalized spacial score (nSPS) is 16.2. The number of hydrogen-bond donors (Lipinski definition) is 2. The fourth-order valence-electron chi connectivity index (χ4n) is 3.54. The summed E-state index contributed by atoms with van der Waals surface area (Å²) in [6.45, 7) is 4.55. The number of aliphatic carboxylic acids is 1. The molecule has 0 bridgehead atoms. The lowest BCUT2D eigenvalue weighted by molar-refractivity contribution is -0.192. The van der Waals surface area contributed by atoms with E-state index in [1.807, 2.05) is 18.2 Å². The van der Waals surface area contributed by atoms with Crippen LogP contribution in [0.3, 0.4) is 0 Å². The van der Waals surface area contributed by atoms with Crippen LogP contribution in [-0.2, 0) is 34.0 Å². The number of halogens is 4. The molecule has 0 saturated carbocycles. The molecule has 1 atom stereocenters. The molecule has 182 valence electrons. The number of hydrogen-bond acceptors (Lipinski definition) is 4. The van der Waals surface area contributed by atoms with Crippen molar-refractivity contribution in [3.8, 4) is 0 Å². The second-order valence-corrected chi connectivity index (χ2v) is 8.10. The molecule has 0 saturated heterocycles. The molecule has 1 aliphatic rings. The first-order chi connectivity index (χ1) is 15.6. The number of carboxylic acid groups (broad SMARTS) is 1. The third-order valence-electron chi connectivity index (χ3n) is 4.92. The van der Waals surface area contributed by atoms with Crippen LogP contribution in [0, 0.1) is 5.92 Å². The predicted molar refractivity (Wildman–Crippen MR) is 117 cm³/mol. The lowest BCUT2D eigenvalue weighted by Crippen LogP contribution is -2.33. The van der Waals surface area contributed by atoms with Crippen molar-refractivity contribution in [3.05, 3.63) is 58.9 Å². The Hall–Kier alpha value is -2.56. The van der Waals surface area contributed by atoms with E-state index in [0.717, 1.165) is 31.2 Å². The lowest BCUT2D eigenvalue weighted by atomic mass is 10.0. The zero-order valence-corrected chi connectivity index (χ0v) is 18.9. The Morgan fingerprint density at radius 3 is 2.61 bits per heavy atom. The van der Waals surface area contributed by atoms with Crippen LogP contribution in [0.25, 0.3) is 0 Å². The number of benzene rings is 1. The summed E-state index contributed by atoms with van der Waals surface area (Å²) in [7, 11) is 1.64. The summed E-state index contributed by atoms with van der Waals surface area (Å²) >= 11 is 6.13. The Kier molecular flexibility index (Phi) is 10.2. The summed E-state index contributed by atoms with van der Waals surface area (Å²) in [5.74, 6) is -2.40. The van der Waals surface area contributed by atoms with Gasteiger partial charge in [0.25, 0.3) is 0 Å². The first-order valence-electron chi connectivity index (χ1n) is 10.2. The summed E-state index contributed by atoms with van der Waals surface area (Å²) in [6, 6.07) is 12.2. The van der Waals surface area contributed by atoms with Gasteiger partial charge in [0.05, 0.1) is 6.61 Å². The van der Waals surface area contributed by atoms with Gasteiger partial charge in [-0.05, 0) is 35.7 Å². The Morgan fingerprint density at radius 1 is 1.24 bits per heavy atom. The van der Waals surface area contributed by atoms with Crippen LogP contribution in [0.2, 0.25) is 5.02 Å². The van der Waals surface area contributed by atoms with E-state index in [4.69, 9.17) is 26.2 Å². The number of amides is 1. The average Bonchev–Trinajstić information content (AvgIpc) is 3.07. The fraction of sp³-hybridized carbons (Fsp3) is 0.455. The Balaban J connectivity index is 0.000000479. The smallest absolute Gasteiger partial charge is 0.475 e. The van der Waals surface area contributed by atoms with Crippen LogP contribution in [0.1, 0.15) is 17.7 Å². The number of nitrogens with one attached hydrogen (secondary N) is 1. The molecular weight excluding hydrogens is 463 g/mol. The van der Waals surface area contributed by atoms with E-state index >= 15 is 0 Å². The van der Waals surface area contributed by atoms with E-state index < -0.39 is 12.1 Å². The topological polar surface area (TPSA) is 83.8 Å². The molecule has 7 nitrogen and oxygen atoms in total. The van der Waals surface area contributed by atoms with Crippen LogP contribution in [0.5, 0.6) is 0 Å². The van der Waals surface area contributed by atoms with Gasteiger partial charge in [0.15, 0.2) is 0 Å². The maximum Gasteiger partial charge on any atom is 0.490 e. The molecule has 3 rings (SSSR count). The van der Waals surface area contributed by atoms with Crippen molar-refractivity contribution in [2.45, 2.75) is 32.2 Å². The number of carbonyl (C=O) groups is 2. The molecule has 33 heavy (non-hydrogen) atoms. The highest BCUT2D eigenvalue weighted by atomic mass is 35.5. The fourth-order valence-corrected chi connectivity index (χ4v) is 3.75. The van der Waals surface area contributed by atoms with Crippen molar-refractivity contribution >= 4 is 23.5 Å². The highest BCUT2D eigenvalue weighted by molar-refractivity contribution is 6.30. The van der Waals surface area contributed by atoms with Crippen molar-refractivity contribution in [1.82, 2.24) is 14.8 Å². The number of carbonyl (C=O) groups excluding carboxylic acids is 1. The minimum Gasteiger partial charge on any atom is -0.475 e. The summed E-state index contributed by atoms with van der Waals surface area (Å²) < 4.78 is 39.0. The van der Waals surface area contributed by atoms with E-state index in [1.54, 1.807) is 7.11 Å². The molecular formula is C22H27ClF3N3O4. The maximum absolute atomic E-state index is 12.2. The van der Waals surface area contributed by atoms with Crippen molar-refractivity contribution < 1.29 is 32.6 Å². The Labute approximate surface area is 195 Å². The summed E-state index contributed by atoms with van der Waals surface area (Å²) in [5, 5.41) is 10.8. The average molecular weight is 490 g/mol. The number of carboxylic acids is 1. The number of methoxy groups -OCH3 is 1. The molecule has 0 radical (unpaired) electrons. The summed E-state index contributed by atoms with van der Waals surface area (Å²) in [4.78, 5) is 23.5. The third-order valence-corrected chi connectivity index (χ3v) is 5.16. The standard InChI is InChI=1S/C20H26ClN3O2.C2HF3O2/c1-26-9-7-22-20(25)11-17-13-23(12-16-4-2-5-18(21)10-16)15-19-6-3-8-24(19)14-17;3-2(4,5)1(6)7/h2-6,8,10,17H,7,9,11-15H2,1H3,(H,22,25);(H,6,7). The van der Waals surface area contributed by atoms with Gasteiger partial charge >= 0.3 is 12.1 Å². The van der Waals surface area contributed by atoms with E-state index in [9.17, 15) is 18.0 Å². The molecule has 0 fully saturated rings. The number of nitrogens with zero attached hydrogens (tertiary/aromatic N) is 2. The second-order valence-electron chi connectivity index (χ2n) is 7.67. The van der Waals surface area contributed by atoms with Gasteiger partial charge in [-0.25, -0.2) is 4.79 Å². The van der Waals surface area contributed by atoms with Gasteiger partial charge in [0.2, 0.25) is 5.91 Å². The predicted octanol–water partition coefficient (Wildman–Crippen LogP) is 3.56. The molecule has 1 aromatic carbocycles. The molecule has 1 amide bonds. The van der Waals surface area contributed by atoms with Crippen LogP contribution in [-0.4, -0.2) is 59.4 Å². The van der Waals surface area contributed by atoms with Crippen molar-refractivity contribution in [3.63, 3.8) is 0 Å². The minimum absolute atomic E-state index is 0.0883. The molecule has 2 heterocycles. The highest BCUT2D eigenvalue weighted by Crippen LogP contribution is 2.22. The van der Waals surface area contributed by atoms with Crippen LogP contribution in [0.4, 0.5) is 13.2 Å². The second kappa shape index (κ2) is 12.6. The van der Waals surface area contributed by atoms with Crippen molar-refractivity contribution in [2.24, 2.45) is 5.92 Å². The number of fused-ring (bicyclic) bond motifs is 1. The van der Waals surface area contributed by atoms with Crippen LogP contribution in [0.15, 0.2) is 42.6 Å². The Morgan fingerprint density at radius 2 is 1.97 bits per heavy atom. The summed E-state index contributed by atoms with van der Waals surface area (Å²) in [6.07, 6.45) is -2.46. The van der Waals surface area contributed by atoms with Crippen LogP contribution >= 0.6 is 11.6 Å². The van der Waals surface area contributed by atoms with Crippen molar-refractivity contribution in [2.75, 3.05) is 26.8 Å². The van der Waals surface area contributed by atoms with E-state index in [2.05, 4.69) is 39.2 Å². The van der Waals surface area contributed by atoms with Crippen molar-refractivity contribution in [1.29, 1.82) is 0 Å². The molecule has 0 spiro atoms. The number of ether oxygens (including phenoxy) is 1. The quantitative estimate of drug-likeness (QED) is 0.581. The zero-order valence-electron chi connectivity index (χ0n) is 18.1. The molecule has 1 aromatic heterocycles. The van der Waals surface area contributed by atoms with Gasteiger partial charge in [-0.15, -0.1) is 0 Å². The molecule has 0 aliphatic carbocycles. The molecule has 11 heteroatoms. The van der Waals surface area contributed by atoms with Gasteiger partial charge in [0.1, 0.15) is 0 Å². The number of rotatable bonds is 7. The van der Waals surface area contributed by atoms with Gasteiger partial charge < -0.3 is 19.7 Å². The first-order valence-corrected chi connectivity index (χ1v) is 10.6. The van der Waals surface area contributed by atoms with E-state index in [-0.39, 0.29) is 11.8 Å². The summed E-state index contributed by atoms with van der Waals surface area (Å²) in [5.41, 5.74) is 2.48. The Bertz CT molecular complexity index is 920. The van der Waals surface area contributed by atoms with E-state index in [0.29, 0.717) is 19.6 Å². The van der Waals surface area contributed by atoms with E-state index in [1.165, 1.54) is 11.3 Å². The van der Waals surface area contributed by atoms with Gasteiger partial charge in [-0.3, -0.25) is 9.69 Å². The SMILES string of the molecule is COCCNC(=O)CC1CN(Cc2cccc(Cl)c2)Cc2cccn2C1.O=C(O)C(F)(F)F.